The predicted molar refractivity (Wildman–Crippen MR) is 51.6 cm³/mol. The summed E-state index contributed by atoms with van der Waals surface area (Å²) in [7, 11) is 0. The van der Waals surface area contributed by atoms with Gasteiger partial charge in [0.15, 0.2) is 5.90 Å². The van der Waals surface area contributed by atoms with Gasteiger partial charge >= 0.3 is 0 Å². The van der Waals surface area contributed by atoms with Gasteiger partial charge in [-0.05, 0) is 6.07 Å². The monoisotopic (exact) mass is 194 g/mol. The van der Waals surface area contributed by atoms with Crippen LogP contribution in [-0.4, -0.2) is 19.0 Å². The Balaban J connectivity index is 2.25. The summed E-state index contributed by atoms with van der Waals surface area (Å²) in [5.74, 6) is 0.251. The minimum atomic E-state index is -0.247. The summed E-state index contributed by atoms with van der Waals surface area (Å²) in [6.07, 6.45) is 0. The van der Waals surface area contributed by atoms with Crippen molar-refractivity contribution in [1.82, 2.24) is 0 Å². The molecule has 0 aliphatic carbocycles. The smallest absolute Gasteiger partial charge is 0.198 e. The zero-order valence-corrected chi connectivity index (χ0v) is 7.61. The molecular weight excluding hydrogens is 183 g/mol. The van der Waals surface area contributed by atoms with E-state index in [4.69, 9.17) is 10.5 Å². The Morgan fingerprint density at radius 3 is 2.93 bits per heavy atom. The summed E-state index contributed by atoms with van der Waals surface area (Å²) in [6, 6.07) is 6.34. The van der Waals surface area contributed by atoms with Gasteiger partial charge in [-0.25, -0.2) is 9.38 Å². The van der Waals surface area contributed by atoms with Crippen molar-refractivity contribution in [2.75, 3.05) is 13.2 Å². The normalized spacial score (nSPS) is 20.4. The van der Waals surface area contributed by atoms with Crippen molar-refractivity contribution in [3.8, 4) is 0 Å². The van der Waals surface area contributed by atoms with Crippen LogP contribution in [0.4, 0.5) is 4.39 Å². The van der Waals surface area contributed by atoms with Gasteiger partial charge in [0.05, 0.1) is 6.54 Å². The van der Waals surface area contributed by atoms with Crippen LogP contribution in [0, 0.1) is 5.82 Å². The van der Waals surface area contributed by atoms with E-state index in [0.29, 0.717) is 18.1 Å². The van der Waals surface area contributed by atoms with Gasteiger partial charge in [-0.2, -0.15) is 0 Å². The Bertz CT molecular complexity index is 365. The molecule has 0 bridgehead atoms. The highest BCUT2D eigenvalue weighted by atomic mass is 19.1. The molecule has 1 atom stereocenters. The van der Waals surface area contributed by atoms with Crippen molar-refractivity contribution in [1.29, 1.82) is 0 Å². The topological polar surface area (TPSA) is 47.6 Å². The van der Waals surface area contributed by atoms with E-state index in [0.717, 1.165) is 0 Å². The number of hydrogen-bond acceptors (Lipinski definition) is 3. The third-order valence-corrected chi connectivity index (χ3v) is 2.15. The van der Waals surface area contributed by atoms with Gasteiger partial charge in [-0.1, -0.05) is 18.2 Å². The van der Waals surface area contributed by atoms with E-state index in [1.165, 1.54) is 6.07 Å². The second-order valence-electron chi connectivity index (χ2n) is 3.08. The molecule has 2 rings (SSSR count). The van der Waals surface area contributed by atoms with Gasteiger partial charge < -0.3 is 10.5 Å². The minimum absolute atomic E-state index is 0.241. The number of benzene rings is 1. The van der Waals surface area contributed by atoms with Gasteiger partial charge in [0, 0.05) is 5.56 Å². The molecule has 14 heavy (non-hydrogen) atoms. The Kier molecular flexibility index (Phi) is 2.45. The molecule has 1 aromatic carbocycles. The van der Waals surface area contributed by atoms with E-state index >= 15 is 0 Å². The van der Waals surface area contributed by atoms with Crippen LogP contribution in [0.25, 0.3) is 0 Å². The molecule has 0 saturated carbocycles. The molecule has 4 heteroatoms. The van der Waals surface area contributed by atoms with E-state index in [1.54, 1.807) is 18.2 Å². The Morgan fingerprint density at radius 2 is 2.29 bits per heavy atom. The number of halogens is 1. The average molecular weight is 194 g/mol. The summed E-state index contributed by atoms with van der Waals surface area (Å²) < 4.78 is 18.5. The Morgan fingerprint density at radius 1 is 1.50 bits per heavy atom. The second-order valence-corrected chi connectivity index (χ2v) is 3.08. The second kappa shape index (κ2) is 3.75. The lowest BCUT2D eigenvalue weighted by molar-refractivity contribution is 0.312. The van der Waals surface area contributed by atoms with Crippen LogP contribution in [-0.2, 0) is 4.74 Å². The zero-order valence-electron chi connectivity index (χ0n) is 7.61. The highest BCUT2D eigenvalue weighted by Gasteiger charge is 2.21. The summed E-state index contributed by atoms with van der Waals surface area (Å²) in [4.78, 5) is 4.17. The lowest BCUT2D eigenvalue weighted by Gasteiger charge is -2.05. The van der Waals surface area contributed by atoms with Crippen LogP contribution < -0.4 is 5.73 Å². The summed E-state index contributed by atoms with van der Waals surface area (Å²) in [6.45, 7) is 0.651. The summed E-state index contributed by atoms with van der Waals surface area (Å²) in [5, 5.41) is 0. The average Bonchev–Trinajstić information content (AvgIpc) is 2.67. The summed E-state index contributed by atoms with van der Waals surface area (Å²) in [5.41, 5.74) is 5.93. The maximum Gasteiger partial charge on any atom is 0.198 e. The van der Waals surface area contributed by atoms with E-state index in [2.05, 4.69) is 4.99 Å². The number of nitrogens with zero attached hydrogens (tertiary/aromatic N) is 1. The highest BCUT2D eigenvalue weighted by Crippen LogP contribution is 2.24. The Hall–Kier alpha value is -1.42. The maximum atomic E-state index is 13.3. The number of rotatable bonds is 2. The van der Waals surface area contributed by atoms with Gasteiger partial charge in [-0.3, -0.25) is 0 Å². The SMILES string of the molecule is NCC1=NC(c2ccccc2F)CO1. The van der Waals surface area contributed by atoms with E-state index in [-0.39, 0.29) is 18.4 Å². The first-order valence-electron chi connectivity index (χ1n) is 4.45. The molecule has 74 valence electrons. The van der Waals surface area contributed by atoms with Crippen LogP contribution in [0.2, 0.25) is 0 Å². The lowest BCUT2D eigenvalue weighted by atomic mass is 10.1. The molecule has 1 aliphatic rings. The van der Waals surface area contributed by atoms with Crippen LogP contribution in [0.5, 0.6) is 0 Å². The lowest BCUT2D eigenvalue weighted by Crippen LogP contribution is -2.13. The van der Waals surface area contributed by atoms with Crippen LogP contribution >= 0.6 is 0 Å². The third kappa shape index (κ3) is 1.61. The molecule has 0 radical (unpaired) electrons. The predicted octanol–water partition coefficient (Wildman–Crippen LogP) is 1.25. The van der Waals surface area contributed by atoms with Crippen molar-refractivity contribution in [2.24, 2.45) is 10.7 Å². The van der Waals surface area contributed by atoms with E-state index in [1.807, 2.05) is 0 Å². The van der Waals surface area contributed by atoms with Crippen LogP contribution in [0.15, 0.2) is 29.3 Å². The standard InChI is InChI=1S/C10H11FN2O/c11-8-4-2-1-3-7(8)9-6-14-10(5-12)13-9/h1-4,9H,5-6,12H2. The van der Waals surface area contributed by atoms with Crippen molar-refractivity contribution >= 4 is 5.90 Å². The van der Waals surface area contributed by atoms with Gasteiger partial charge in [-0.15, -0.1) is 0 Å². The molecule has 3 nitrogen and oxygen atoms in total. The fourth-order valence-corrected chi connectivity index (χ4v) is 1.44. The molecule has 0 amide bonds. The van der Waals surface area contributed by atoms with E-state index < -0.39 is 0 Å². The number of hydrogen-bond donors (Lipinski definition) is 1. The number of nitrogens with two attached hydrogens (primary N) is 1. The minimum Gasteiger partial charge on any atom is -0.477 e. The zero-order chi connectivity index (χ0) is 9.97. The molecule has 0 spiro atoms. The first kappa shape index (κ1) is 9.15. The molecule has 0 aromatic heterocycles. The molecular formula is C10H11FN2O. The van der Waals surface area contributed by atoms with E-state index in [9.17, 15) is 4.39 Å². The van der Waals surface area contributed by atoms with Gasteiger partial charge in [0.2, 0.25) is 0 Å². The molecule has 0 saturated heterocycles. The Labute approximate surface area is 81.4 Å². The van der Waals surface area contributed by atoms with Crippen molar-refractivity contribution in [3.05, 3.63) is 35.6 Å². The van der Waals surface area contributed by atoms with Crippen LogP contribution in [0.3, 0.4) is 0 Å². The largest absolute Gasteiger partial charge is 0.477 e. The molecule has 1 aliphatic heterocycles. The summed E-state index contributed by atoms with van der Waals surface area (Å²) >= 11 is 0. The van der Waals surface area contributed by atoms with Crippen molar-refractivity contribution in [2.45, 2.75) is 6.04 Å². The van der Waals surface area contributed by atoms with Crippen molar-refractivity contribution < 1.29 is 9.13 Å². The molecule has 1 heterocycles. The first-order valence-corrected chi connectivity index (χ1v) is 4.45. The quantitative estimate of drug-likeness (QED) is 0.770. The molecule has 1 aromatic rings. The highest BCUT2D eigenvalue weighted by molar-refractivity contribution is 5.79. The first-order chi connectivity index (χ1) is 6.81. The van der Waals surface area contributed by atoms with Gasteiger partial charge in [0.25, 0.3) is 0 Å². The molecule has 2 N–H and O–H groups in total. The molecule has 0 fully saturated rings. The van der Waals surface area contributed by atoms with Crippen molar-refractivity contribution in [3.63, 3.8) is 0 Å². The fourth-order valence-electron chi connectivity index (χ4n) is 1.44. The number of ether oxygens (including phenoxy) is 1. The third-order valence-electron chi connectivity index (χ3n) is 2.15. The number of aliphatic imine (C=N–C) groups is 1. The maximum absolute atomic E-state index is 13.3. The van der Waals surface area contributed by atoms with Crippen LogP contribution in [0.1, 0.15) is 11.6 Å². The fraction of sp³-hybridized carbons (Fsp3) is 0.300. The van der Waals surface area contributed by atoms with Gasteiger partial charge in [0.1, 0.15) is 18.5 Å². The molecule has 1 unspecified atom stereocenters.